The molecule has 0 aliphatic carbocycles. The van der Waals surface area contributed by atoms with Crippen LogP contribution in [0.2, 0.25) is 0 Å². The number of fused-ring (bicyclic) bond motifs is 1. The van der Waals surface area contributed by atoms with Gasteiger partial charge in [-0.3, -0.25) is 0 Å². The molecule has 1 aromatic carbocycles. The van der Waals surface area contributed by atoms with E-state index < -0.39 is 0 Å². The predicted octanol–water partition coefficient (Wildman–Crippen LogP) is 2.01. The molecule has 2 aromatic rings. The van der Waals surface area contributed by atoms with E-state index in [2.05, 4.69) is 26.0 Å². The number of rotatable bonds is 1. The summed E-state index contributed by atoms with van der Waals surface area (Å²) in [7, 11) is 0. The molecule has 0 bridgehead atoms. The van der Waals surface area contributed by atoms with Crippen LogP contribution in [0.3, 0.4) is 0 Å². The van der Waals surface area contributed by atoms with Gasteiger partial charge in [0, 0.05) is 16.5 Å². The molecule has 0 fully saturated rings. The summed E-state index contributed by atoms with van der Waals surface area (Å²) in [6, 6.07) is 7.93. The molecule has 0 saturated carbocycles. The zero-order valence-electron chi connectivity index (χ0n) is 9.17. The summed E-state index contributed by atoms with van der Waals surface area (Å²) in [6.45, 7) is 0.552. The quantitative estimate of drug-likeness (QED) is 0.875. The molecule has 1 N–H and O–H groups in total. The van der Waals surface area contributed by atoms with Crippen molar-refractivity contribution >= 4 is 15.9 Å². The molecule has 1 unspecified atom stereocenters. The van der Waals surface area contributed by atoms with Gasteiger partial charge < -0.3 is 5.11 Å². The number of hydrogen-bond acceptors (Lipinski definition) is 3. The lowest BCUT2D eigenvalue weighted by Gasteiger charge is -2.16. The molecule has 0 saturated heterocycles. The lowest BCUT2D eigenvalue weighted by Crippen LogP contribution is -2.25. The minimum Gasteiger partial charge on any atom is -0.391 e. The van der Waals surface area contributed by atoms with Gasteiger partial charge in [0.1, 0.15) is 5.82 Å². The van der Waals surface area contributed by atoms with Crippen LogP contribution >= 0.6 is 15.9 Å². The van der Waals surface area contributed by atoms with E-state index in [9.17, 15) is 5.11 Å². The van der Waals surface area contributed by atoms with Crippen molar-refractivity contribution in [1.82, 2.24) is 14.8 Å². The summed E-state index contributed by atoms with van der Waals surface area (Å²) in [4.78, 5) is 4.52. The third-order valence-corrected chi connectivity index (χ3v) is 3.41. The highest BCUT2D eigenvalue weighted by Gasteiger charge is 2.20. The average molecular weight is 294 g/mol. The maximum Gasteiger partial charge on any atom is 0.181 e. The Balaban J connectivity index is 2.00. The second-order valence-corrected chi connectivity index (χ2v) is 5.15. The fourth-order valence-electron chi connectivity index (χ4n) is 2.04. The number of benzene rings is 1. The molecule has 88 valence electrons. The van der Waals surface area contributed by atoms with E-state index >= 15 is 0 Å². The van der Waals surface area contributed by atoms with Gasteiger partial charge in [-0.25, -0.2) is 9.67 Å². The normalized spacial score (nSPS) is 19.1. The highest BCUT2D eigenvalue weighted by atomic mass is 79.9. The summed E-state index contributed by atoms with van der Waals surface area (Å²) >= 11 is 3.44. The lowest BCUT2D eigenvalue weighted by atomic mass is 10.1. The van der Waals surface area contributed by atoms with Crippen molar-refractivity contribution in [2.75, 3.05) is 0 Å². The molecule has 1 aromatic heterocycles. The monoisotopic (exact) mass is 293 g/mol. The minimum absolute atomic E-state index is 0.292. The van der Waals surface area contributed by atoms with Crippen LogP contribution in [0.25, 0.3) is 11.4 Å². The fraction of sp³-hybridized carbons (Fsp3) is 0.333. The first-order valence-corrected chi connectivity index (χ1v) is 6.39. The zero-order chi connectivity index (χ0) is 11.8. The second kappa shape index (κ2) is 4.23. The van der Waals surface area contributed by atoms with Crippen molar-refractivity contribution in [1.29, 1.82) is 0 Å². The highest BCUT2D eigenvalue weighted by molar-refractivity contribution is 9.10. The smallest absolute Gasteiger partial charge is 0.181 e. The Kier molecular flexibility index (Phi) is 2.72. The molecule has 1 aliphatic rings. The van der Waals surface area contributed by atoms with E-state index in [0.717, 1.165) is 34.5 Å². The Bertz CT molecular complexity index is 552. The molecule has 2 heterocycles. The Morgan fingerprint density at radius 1 is 1.41 bits per heavy atom. The van der Waals surface area contributed by atoms with Gasteiger partial charge in [-0.2, -0.15) is 5.10 Å². The van der Waals surface area contributed by atoms with Crippen LogP contribution in [0.5, 0.6) is 0 Å². The van der Waals surface area contributed by atoms with Crippen molar-refractivity contribution in [2.24, 2.45) is 0 Å². The molecule has 4 nitrogen and oxygen atoms in total. The molecule has 1 atom stereocenters. The molecular formula is C12H12BrN3O. The molecule has 1 aliphatic heterocycles. The van der Waals surface area contributed by atoms with Crippen LogP contribution in [0.15, 0.2) is 28.7 Å². The maximum atomic E-state index is 9.58. The van der Waals surface area contributed by atoms with Crippen molar-refractivity contribution < 1.29 is 5.11 Å². The van der Waals surface area contributed by atoms with Crippen LogP contribution in [0, 0.1) is 0 Å². The summed E-state index contributed by atoms with van der Waals surface area (Å²) < 4.78 is 2.83. The summed E-state index contributed by atoms with van der Waals surface area (Å²) in [5, 5.41) is 14.0. The number of halogens is 1. The Morgan fingerprint density at radius 2 is 2.29 bits per heavy atom. The zero-order valence-corrected chi connectivity index (χ0v) is 10.8. The third kappa shape index (κ3) is 2.12. The van der Waals surface area contributed by atoms with Gasteiger partial charge in [-0.05, 0) is 18.6 Å². The van der Waals surface area contributed by atoms with Gasteiger partial charge in [-0.15, -0.1) is 0 Å². The van der Waals surface area contributed by atoms with Crippen LogP contribution < -0.4 is 0 Å². The molecular weight excluding hydrogens is 282 g/mol. The van der Waals surface area contributed by atoms with E-state index in [0.29, 0.717) is 6.54 Å². The van der Waals surface area contributed by atoms with Gasteiger partial charge >= 0.3 is 0 Å². The topological polar surface area (TPSA) is 50.9 Å². The van der Waals surface area contributed by atoms with Crippen LogP contribution in [-0.2, 0) is 13.0 Å². The van der Waals surface area contributed by atoms with Crippen LogP contribution in [-0.4, -0.2) is 26.0 Å². The molecule has 3 rings (SSSR count). The molecule has 17 heavy (non-hydrogen) atoms. The first-order chi connectivity index (χ1) is 8.22. The summed E-state index contributed by atoms with van der Waals surface area (Å²) in [5.41, 5.74) is 0.996. The Hall–Kier alpha value is -1.20. The molecule has 0 radical (unpaired) electrons. The Labute approximate surface area is 107 Å². The van der Waals surface area contributed by atoms with E-state index in [1.807, 2.05) is 28.9 Å². The highest BCUT2D eigenvalue weighted by Crippen LogP contribution is 2.22. The SMILES string of the molecule is OC1CCc2nc(-c3cccc(Br)c3)nn2C1. The van der Waals surface area contributed by atoms with Gasteiger partial charge in [-0.1, -0.05) is 28.1 Å². The lowest BCUT2D eigenvalue weighted by molar-refractivity contribution is 0.124. The third-order valence-electron chi connectivity index (χ3n) is 2.92. The van der Waals surface area contributed by atoms with Gasteiger partial charge in [0.05, 0.1) is 12.6 Å². The van der Waals surface area contributed by atoms with Crippen molar-refractivity contribution in [3.8, 4) is 11.4 Å². The standard InChI is InChI=1S/C12H12BrN3O/c13-9-3-1-2-8(6-9)12-14-11-5-4-10(17)7-16(11)15-12/h1-3,6,10,17H,4-5,7H2. The van der Waals surface area contributed by atoms with Crippen LogP contribution in [0.4, 0.5) is 0 Å². The minimum atomic E-state index is -0.292. The first-order valence-electron chi connectivity index (χ1n) is 5.60. The number of hydrogen-bond donors (Lipinski definition) is 1. The molecule has 0 amide bonds. The van der Waals surface area contributed by atoms with E-state index in [1.165, 1.54) is 0 Å². The van der Waals surface area contributed by atoms with Crippen LogP contribution in [0.1, 0.15) is 12.2 Å². The fourth-order valence-corrected chi connectivity index (χ4v) is 2.44. The van der Waals surface area contributed by atoms with Crippen molar-refractivity contribution in [3.05, 3.63) is 34.6 Å². The number of aromatic nitrogens is 3. The number of aliphatic hydroxyl groups is 1. The number of aliphatic hydroxyl groups excluding tert-OH is 1. The summed E-state index contributed by atoms with van der Waals surface area (Å²) in [5.74, 6) is 1.70. The van der Waals surface area contributed by atoms with E-state index in [1.54, 1.807) is 0 Å². The number of aryl methyl sites for hydroxylation is 1. The van der Waals surface area contributed by atoms with E-state index in [-0.39, 0.29) is 6.10 Å². The first kappa shape index (κ1) is 10.9. The average Bonchev–Trinajstić information content (AvgIpc) is 2.72. The molecule has 5 heteroatoms. The molecule has 0 spiro atoms. The van der Waals surface area contributed by atoms with Gasteiger partial charge in [0.25, 0.3) is 0 Å². The largest absolute Gasteiger partial charge is 0.391 e. The van der Waals surface area contributed by atoms with E-state index in [4.69, 9.17) is 0 Å². The maximum absolute atomic E-state index is 9.58. The summed E-state index contributed by atoms with van der Waals surface area (Å²) in [6.07, 6.45) is 1.28. The second-order valence-electron chi connectivity index (χ2n) is 4.24. The van der Waals surface area contributed by atoms with Gasteiger partial charge in [0.15, 0.2) is 5.82 Å². The predicted molar refractivity (Wildman–Crippen MR) is 67.5 cm³/mol. The van der Waals surface area contributed by atoms with Crippen molar-refractivity contribution in [3.63, 3.8) is 0 Å². The van der Waals surface area contributed by atoms with Gasteiger partial charge in [0.2, 0.25) is 0 Å². The van der Waals surface area contributed by atoms with Crippen molar-refractivity contribution in [2.45, 2.75) is 25.5 Å². The Morgan fingerprint density at radius 3 is 3.12 bits per heavy atom. The number of nitrogens with zero attached hydrogens (tertiary/aromatic N) is 3.